The van der Waals surface area contributed by atoms with E-state index in [0.717, 1.165) is 22.2 Å². The van der Waals surface area contributed by atoms with Gasteiger partial charge in [-0.15, -0.1) is 0 Å². The summed E-state index contributed by atoms with van der Waals surface area (Å²) in [7, 11) is 0. The summed E-state index contributed by atoms with van der Waals surface area (Å²) in [5.41, 5.74) is 6.50. The number of aryl methyl sites for hydroxylation is 3. The average molecular weight is 237 g/mol. The lowest BCUT2D eigenvalue weighted by Crippen LogP contribution is -1.83. The molecule has 2 aromatic carbocycles. The van der Waals surface area contributed by atoms with Crippen LogP contribution in [0.3, 0.4) is 0 Å². The molecule has 0 fully saturated rings. The summed E-state index contributed by atoms with van der Waals surface area (Å²) >= 11 is 0. The normalized spacial score (nSPS) is 11.1. The van der Waals surface area contributed by atoms with Gasteiger partial charge in [-0.3, -0.25) is 0 Å². The monoisotopic (exact) mass is 237 g/mol. The summed E-state index contributed by atoms with van der Waals surface area (Å²) in [5.74, 6) is 0.697. The van der Waals surface area contributed by atoms with Gasteiger partial charge in [-0.25, -0.2) is 4.98 Å². The van der Waals surface area contributed by atoms with Crippen LogP contribution < -0.4 is 0 Å². The van der Waals surface area contributed by atoms with Crippen molar-refractivity contribution in [3.05, 3.63) is 53.1 Å². The SMILES string of the molecule is Cc1ccc(-c2nc3cccc(C)c3o2)cc1C. The Kier molecular flexibility index (Phi) is 2.44. The predicted octanol–water partition coefficient (Wildman–Crippen LogP) is 4.42. The molecule has 2 nitrogen and oxygen atoms in total. The van der Waals surface area contributed by atoms with E-state index in [-0.39, 0.29) is 0 Å². The van der Waals surface area contributed by atoms with E-state index in [4.69, 9.17) is 4.42 Å². The zero-order valence-electron chi connectivity index (χ0n) is 10.8. The van der Waals surface area contributed by atoms with Crippen molar-refractivity contribution in [3.8, 4) is 11.5 Å². The molecule has 0 aliphatic rings. The predicted molar refractivity (Wildman–Crippen MR) is 73.7 cm³/mol. The van der Waals surface area contributed by atoms with Crippen LogP contribution in [0.4, 0.5) is 0 Å². The first-order valence-electron chi connectivity index (χ1n) is 6.09. The minimum absolute atomic E-state index is 0.697. The van der Waals surface area contributed by atoms with Gasteiger partial charge in [-0.1, -0.05) is 18.2 Å². The lowest BCUT2D eigenvalue weighted by Gasteiger charge is -2.01. The number of hydrogen-bond donors (Lipinski definition) is 0. The van der Waals surface area contributed by atoms with Gasteiger partial charge in [-0.2, -0.15) is 0 Å². The lowest BCUT2D eigenvalue weighted by molar-refractivity contribution is 0.617. The van der Waals surface area contributed by atoms with Crippen molar-refractivity contribution in [2.24, 2.45) is 0 Å². The van der Waals surface area contributed by atoms with Crippen LogP contribution in [0.2, 0.25) is 0 Å². The van der Waals surface area contributed by atoms with Gasteiger partial charge in [0.15, 0.2) is 5.58 Å². The molecule has 0 radical (unpaired) electrons. The number of para-hydroxylation sites is 1. The molecular weight excluding hydrogens is 222 g/mol. The second-order valence-electron chi connectivity index (χ2n) is 4.74. The van der Waals surface area contributed by atoms with E-state index in [1.54, 1.807) is 0 Å². The molecule has 3 rings (SSSR count). The Morgan fingerprint density at radius 1 is 0.889 bits per heavy atom. The van der Waals surface area contributed by atoms with Gasteiger partial charge in [-0.05, 0) is 55.7 Å². The second-order valence-corrected chi connectivity index (χ2v) is 4.74. The fraction of sp³-hybridized carbons (Fsp3) is 0.188. The van der Waals surface area contributed by atoms with E-state index in [1.807, 2.05) is 25.1 Å². The first kappa shape index (κ1) is 11.0. The van der Waals surface area contributed by atoms with Crippen molar-refractivity contribution in [3.63, 3.8) is 0 Å². The van der Waals surface area contributed by atoms with Crippen molar-refractivity contribution in [1.82, 2.24) is 4.98 Å². The van der Waals surface area contributed by atoms with Crippen molar-refractivity contribution >= 4 is 11.1 Å². The fourth-order valence-corrected chi connectivity index (χ4v) is 2.08. The van der Waals surface area contributed by atoms with Gasteiger partial charge in [0.05, 0.1) is 0 Å². The molecule has 0 N–H and O–H groups in total. The highest BCUT2D eigenvalue weighted by Crippen LogP contribution is 2.27. The highest BCUT2D eigenvalue weighted by molar-refractivity contribution is 5.79. The molecule has 1 aromatic heterocycles. The minimum atomic E-state index is 0.697. The van der Waals surface area contributed by atoms with E-state index in [2.05, 4.69) is 37.0 Å². The van der Waals surface area contributed by atoms with Gasteiger partial charge < -0.3 is 4.42 Å². The Labute approximate surface area is 106 Å². The number of hydrogen-bond acceptors (Lipinski definition) is 2. The summed E-state index contributed by atoms with van der Waals surface area (Å²) < 4.78 is 5.87. The first-order valence-corrected chi connectivity index (χ1v) is 6.09. The van der Waals surface area contributed by atoms with Gasteiger partial charge in [0, 0.05) is 5.56 Å². The third-order valence-corrected chi connectivity index (χ3v) is 3.37. The summed E-state index contributed by atoms with van der Waals surface area (Å²) in [4.78, 5) is 4.55. The molecule has 3 aromatic rings. The van der Waals surface area contributed by atoms with Crippen LogP contribution in [-0.4, -0.2) is 4.98 Å². The molecule has 0 saturated carbocycles. The first-order chi connectivity index (χ1) is 8.65. The molecule has 0 unspecified atom stereocenters. The van der Waals surface area contributed by atoms with Crippen molar-refractivity contribution < 1.29 is 4.42 Å². The van der Waals surface area contributed by atoms with Crippen molar-refractivity contribution in [1.29, 1.82) is 0 Å². The quantitative estimate of drug-likeness (QED) is 0.626. The Bertz CT molecular complexity index is 725. The molecule has 0 amide bonds. The summed E-state index contributed by atoms with van der Waals surface area (Å²) in [6, 6.07) is 12.3. The van der Waals surface area contributed by atoms with Crippen molar-refractivity contribution in [2.45, 2.75) is 20.8 Å². The smallest absolute Gasteiger partial charge is 0.227 e. The maximum atomic E-state index is 5.87. The fourth-order valence-electron chi connectivity index (χ4n) is 2.08. The molecule has 0 spiro atoms. The molecule has 0 saturated heterocycles. The Balaban J connectivity index is 2.19. The van der Waals surface area contributed by atoms with E-state index in [1.165, 1.54) is 11.1 Å². The lowest BCUT2D eigenvalue weighted by atomic mass is 10.1. The third-order valence-electron chi connectivity index (χ3n) is 3.37. The van der Waals surface area contributed by atoms with Crippen LogP contribution in [0.5, 0.6) is 0 Å². The highest BCUT2D eigenvalue weighted by Gasteiger charge is 2.10. The molecule has 0 atom stereocenters. The Morgan fingerprint density at radius 2 is 1.72 bits per heavy atom. The summed E-state index contributed by atoms with van der Waals surface area (Å²) in [6.07, 6.45) is 0. The van der Waals surface area contributed by atoms with E-state index in [9.17, 15) is 0 Å². The zero-order valence-corrected chi connectivity index (χ0v) is 10.8. The molecule has 0 aliphatic heterocycles. The van der Waals surface area contributed by atoms with Gasteiger partial charge in [0.1, 0.15) is 5.52 Å². The minimum Gasteiger partial charge on any atom is -0.436 e. The molecule has 18 heavy (non-hydrogen) atoms. The Hall–Kier alpha value is -2.09. The largest absolute Gasteiger partial charge is 0.436 e. The van der Waals surface area contributed by atoms with Crippen LogP contribution in [-0.2, 0) is 0 Å². The molecule has 1 heterocycles. The van der Waals surface area contributed by atoms with Crippen LogP contribution in [0.25, 0.3) is 22.6 Å². The van der Waals surface area contributed by atoms with Crippen LogP contribution >= 0.6 is 0 Å². The molecule has 0 aliphatic carbocycles. The summed E-state index contributed by atoms with van der Waals surface area (Å²) in [5, 5.41) is 0. The Morgan fingerprint density at radius 3 is 2.44 bits per heavy atom. The second kappa shape index (κ2) is 3.98. The molecule has 0 bridgehead atoms. The molecule has 2 heteroatoms. The number of rotatable bonds is 1. The molecular formula is C16H15NO. The third kappa shape index (κ3) is 1.70. The number of fused-ring (bicyclic) bond motifs is 1. The number of oxazole rings is 1. The summed E-state index contributed by atoms with van der Waals surface area (Å²) in [6.45, 7) is 6.25. The number of nitrogens with zero attached hydrogens (tertiary/aromatic N) is 1. The van der Waals surface area contributed by atoms with Crippen molar-refractivity contribution in [2.75, 3.05) is 0 Å². The maximum absolute atomic E-state index is 5.87. The van der Waals surface area contributed by atoms with Gasteiger partial charge in [0.25, 0.3) is 0 Å². The van der Waals surface area contributed by atoms with E-state index >= 15 is 0 Å². The molecule has 90 valence electrons. The topological polar surface area (TPSA) is 26.0 Å². The van der Waals surface area contributed by atoms with Crippen LogP contribution in [0.15, 0.2) is 40.8 Å². The average Bonchev–Trinajstić information content (AvgIpc) is 2.78. The highest BCUT2D eigenvalue weighted by atomic mass is 16.3. The maximum Gasteiger partial charge on any atom is 0.227 e. The van der Waals surface area contributed by atoms with Crippen LogP contribution in [0.1, 0.15) is 16.7 Å². The zero-order chi connectivity index (χ0) is 12.7. The van der Waals surface area contributed by atoms with Crippen LogP contribution in [0, 0.1) is 20.8 Å². The van der Waals surface area contributed by atoms with E-state index < -0.39 is 0 Å². The number of aromatic nitrogens is 1. The van der Waals surface area contributed by atoms with E-state index in [0.29, 0.717) is 5.89 Å². The standard InChI is InChI=1S/C16H15NO/c1-10-7-8-13(9-12(10)3)16-17-14-6-4-5-11(2)15(14)18-16/h4-9H,1-3H3. The van der Waals surface area contributed by atoms with Gasteiger partial charge in [0.2, 0.25) is 5.89 Å². The van der Waals surface area contributed by atoms with Gasteiger partial charge >= 0.3 is 0 Å². The number of benzene rings is 2.